The standard InChI is InChI=1S/C9H9NO2S2/c1-6-7-4-2-3-5-8(7)13-9(6)14(10,11)12/h2-5H,1H3,(H2,10,11,12). The molecule has 1 aromatic carbocycles. The van der Waals surface area contributed by atoms with Crippen molar-refractivity contribution in [1.29, 1.82) is 0 Å². The second-order valence-corrected chi connectivity index (χ2v) is 5.86. The molecule has 5 heteroatoms. The van der Waals surface area contributed by atoms with Crippen LogP contribution >= 0.6 is 11.3 Å². The van der Waals surface area contributed by atoms with Crippen LogP contribution in [0.15, 0.2) is 28.5 Å². The second-order valence-electron chi connectivity index (χ2n) is 3.06. The Morgan fingerprint density at radius 2 is 1.93 bits per heavy atom. The average Bonchev–Trinajstić information content (AvgIpc) is 2.44. The Balaban J connectivity index is 2.89. The summed E-state index contributed by atoms with van der Waals surface area (Å²) in [6.07, 6.45) is 0. The molecule has 0 aliphatic rings. The molecule has 2 rings (SSSR count). The molecule has 0 amide bonds. The molecular formula is C9H9NO2S2. The number of primary sulfonamides is 1. The van der Waals surface area contributed by atoms with Crippen molar-refractivity contribution in [3.63, 3.8) is 0 Å². The van der Waals surface area contributed by atoms with Gasteiger partial charge in [-0.3, -0.25) is 0 Å². The first-order valence-electron chi connectivity index (χ1n) is 4.01. The fourth-order valence-electron chi connectivity index (χ4n) is 1.42. The van der Waals surface area contributed by atoms with Crippen molar-refractivity contribution in [3.05, 3.63) is 29.8 Å². The summed E-state index contributed by atoms with van der Waals surface area (Å²) in [4.78, 5) is 0. The van der Waals surface area contributed by atoms with Crippen LogP contribution in [0.3, 0.4) is 0 Å². The molecule has 0 aliphatic carbocycles. The lowest BCUT2D eigenvalue weighted by molar-refractivity contribution is 0.599. The van der Waals surface area contributed by atoms with Gasteiger partial charge in [-0.2, -0.15) is 0 Å². The largest absolute Gasteiger partial charge is 0.247 e. The van der Waals surface area contributed by atoms with Crippen LogP contribution in [0.25, 0.3) is 10.1 Å². The zero-order valence-electron chi connectivity index (χ0n) is 7.52. The van der Waals surface area contributed by atoms with Crippen molar-refractivity contribution in [2.75, 3.05) is 0 Å². The Labute approximate surface area is 86.2 Å². The number of nitrogens with two attached hydrogens (primary N) is 1. The molecule has 1 aromatic heterocycles. The predicted molar refractivity (Wildman–Crippen MR) is 57.9 cm³/mol. The highest BCUT2D eigenvalue weighted by Crippen LogP contribution is 2.32. The molecule has 2 N–H and O–H groups in total. The molecule has 0 fully saturated rings. The van der Waals surface area contributed by atoms with Gasteiger partial charge in [-0.05, 0) is 23.9 Å². The predicted octanol–water partition coefficient (Wildman–Crippen LogP) is 1.86. The molecule has 74 valence electrons. The van der Waals surface area contributed by atoms with Crippen molar-refractivity contribution in [2.24, 2.45) is 5.14 Å². The summed E-state index contributed by atoms with van der Waals surface area (Å²) >= 11 is 1.22. The Bertz CT molecular complexity index is 584. The Morgan fingerprint density at radius 1 is 1.29 bits per heavy atom. The minimum atomic E-state index is -3.58. The zero-order chi connectivity index (χ0) is 10.3. The maximum absolute atomic E-state index is 11.2. The average molecular weight is 227 g/mol. The highest BCUT2D eigenvalue weighted by atomic mass is 32.2. The van der Waals surface area contributed by atoms with Crippen molar-refractivity contribution in [1.82, 2.24) is 0 Å². The fourth-order valence-corrected chi connectivity index (χ4v) is 3.63. The minimum Gasteiger partial charge on any atom is -0.224 e. The normalized spacial score (nSPS) is 12.1. The van der Waals surface area contributed by atoms with Crippen LogP contribution in [-0.2, 0) is 10.0 Å². The maximum Gasteiger partial charge on any atom is 0.247 e. The smallest absolute Gasteiger partial charge is 0.224 e. The third-order valence-corrected chi connectivity index (χ3v) is 4.90. The lowest BCUT2D eigenvalue weighted by atomic mass is 10.2. The molecule has 1 heterocycles. The van der Waals surface area contributed by atoms with Gasteiger partial charge in [0, 0.05) is 4.70 Å². The quantitative estimate of drug-likeness (QED) is 0.808. The highest BCUT2D eigenvalue weighted by Gasteiger charge is 2.16. The van der Waals surface area contributed by atoms with Crippen molar-refractivity contribution >= 4 is 31.4 Å². The lowest BCUT2D eigenvalue weighted by Crippen LogP contribution is -2.11. The van der Waals surface area contributed by atoms with Crippen LogP contribution in [0.4, 0.5) is 0 Å². The van der Waals surface area contributed by atoms with Crippen LogP contribution in [0.2, 0.25) is 0 Å². The van der Waals surface area contributed by atoms with E-state index in [1.54, 1.807) is 6.92 Å². The van der Waals surface area contributed by atoms with Gasteiger partial charge in [0.25, 0.3) is 0 Å². The summed E-state index contributed by atoms with van der Waals surface area (Å²) in [6.45, 7) is 1.78. The van der Waals surface area contributed by atoms with E-state index in [2.05, 4.69) is 0 Å². The molecule has 0 unspecified atom stereocenters. The van der Waals surface area contributed by atoms with Gasteiger partial charge < -0.3 is 0 Å². The van der Waals surface area contributed by atoms with Crippen LogP contribution in [0.5, 0.6) is 0 Å². The van der Waals surface area contributed by atoms with Gasteiger partial charge in [0.15, 0.2) is 0 Å². The van der Waals surface area contributed by atoms with E-state index in [4.69, 9.17) is 5.14 Å². The molecule has 0 atom stereocenters. The van der Waals surface area contributed by atoms with E-state index in [0.717, 1.165) is 15.6 Å². The van der Waals surface area contributed by atoms with E-state index < -0.39 is 10.0 Å². The van der Waals surface area contributed by atoms with Gasteiger partial charge in [-0.1, -0.05) is 18.2 Å². The summed E-state index contributed by atoms with van der Waals surface area (Å²) in [5.41, 5.74) is 0.744. The monoisotopic (exact) mass is 227 g/mol. The molecule has 14 heavy (non-hydrogen) atoms. The fraction of sp³-hybridized carbons (Fsp3) is 0.111. The summed E-state index contributed by atoms with van der Waals surface area (Å²) in [6, 6.07) is 7.55. The van der Waals surface area contributed by atoms with Gasteiger partial charge in [0.05, 0.1) is 0 Å². The lowest BCUT2D eigenvalue weighted by Gasteiger charge is -1.93. The zero-order valence-corrected chi connectivity index (χ0v) is 9.15. The first-order valence-corrected chi connectivity index (χ1v) is 6.37. The third kappa shape index (κ3) is 1.43. The number of fused-ring (bicyclic) bond motifs is 1. The van der Waals surface area contributed by atoms with Crippen LogP contribution < -0.4 is 5.14 Å². The van der Waals surface area contributed by atoms with E-state index in [9.17, 15) is 8.42 Å². The van der Waals surface area contributed by atoms with Gasteiger partial charge in [0.1, 0.15) is 4.21 Å². The molecule has 0 radical (unpaired) electrons. The Morgan fingerprint density at radius 3 is 2.50 bits per heavy atom. The maximum atomic E-state index is 11.2. The molecule has 0 saturated carbocycles. The topological polar surface area (TPSA) is 60.2 Å². The number of aryl methyl sites for hydroxylation is 1. The minimum absolute atomic E-state index is 0.263. The molecule has 0 saturated heterocycles. The van der Waals surface area contributed by atoms with Crippen molar-refractivity contribution in [3.8, 4) is 0 Å². The van der Waals surface area contributed by atoms with Gasteiger partial charge in [0.2, 0.25) is 10.0 Å². The first kappa shape index (κ1) is 9.64. The van der Waals surface area contributed by atoms with Crippen LogP contribution in [0.1, 0.15) is 5.56 Å². The summed E-state index contributed by atoms with van der Waals surface area (Å²) in [7, 11) is -3.58. The van der Waals surface area contributed by atoms with E-state index in [-0.39, 0.29) is 4.21 Å². The molecule has 0 bridgehead atoms. The molecule has 0 aliphatic heterocycles. The SMILES string of the molecule is Cc1c(S(N)(=O)=O)sc2ccccc12. The summed E-state index contributed by atoms with van der Waals surface area (Å²) in [5, 5.41) is 6.06. The second kappa shape index (κ2) is 3.05. The number of sulfonamides is 1. The van der Waals surface area contributed by atoms with E-state index >= 15 is 0 Å². The number of hydrogen-bond acceptors (Lipinski definition) is 3. The van der Waals surface area contributed by atoms with E-state index in [0.29, 0.717) is 0 Å². The molecular weight excluding hydrogens is 218 g/mol. The highest BCUT2D eigenvalue weighted by molar-refractivity contribution is 7.91. The molecule has 3 nitrogen and oxygen atoms in total. The van der Waals surface area contributed by atoms with Gasteiger partial charge >= 0.3 is 0 Å². The Kier molecular flexibility index (Phi) is 2.10. The van der Waals surface area contributed by atoms with Gasteiger partial charge in [-0.15, -0.1) is 11.3 Å². The van der Waals surface area contributed by atoms with Crippen molar-refractivity contribution in [2.45, 2.75) is 11.1 Å². The molecule has 2 aromatic rings. The third-order valence-electron chi connectivity index (χ3n) is 2.06. The summed E-state index contributed by atoms with van der Waals surface area (Å²) < 4.78 is 23.6. The van der Waals surface area contributed by atoms with Crippen LogP contribution in [-0.4, -0.2) is 8.42 Å². The summed E-state index contributed by atoms with van der Waals surface area (Å²) in [5.74, 6) is 0. The molecule has 0 spiro atoms. The van der Waals surface area contributed by atoms with Crippen molar-refractivity contribution < 1.29 is 8.42 Å². The number of rotatable bonds is 1. The van der Waals surface area contributed by atoms with Gasteiger partial charge in [-0.25, -0.2) is 13.6 Å². The number of hydrogen-bond donors (Lipinski definition) is 1. The Hall–Kier alpha value is -0.910. The van der Waals surface area contributed by atoms with E-state index in [1.165, 1.54) is 11.3 Å². The number of thiophene rings is 1. The van der Waals surface area contributed by atoms with Crippen LogP contribution in [0, 0.1) is 6.92 Å². The first-order chi connectivity index (χ1) is 6.50. The number of benzene rings is 1. The van der Waals surface area contributed by atoms with E-state index in [1.807, 2.05) is 24.3 Å².